The van der Waals surface area contributed by atoms with Gasteiger partial charge in [0.25, 0.3) is 0 Å². The number of nitrogen functional groups attached to an aromatic ring is 1. The molecule has 1 aromatic rings. The van der Waals surface area contributed by atoms with Crippen molar-refractivity contribution >= 4 is 11.7 Å². The van der Waals surface area contributed by atoms with Gasteiger partial charge in [-0.25, -0.2) is 4.79 Å². The molecule has 8 heteroatoms. The summed E-state index contributed by atoms with van der Waals surface area (Å²) in [4.78, 5) is 11.9. The fourth-order valence-corrected chi connectivity index (χ4v) is 1.96. The topological polar surface area (TPSA) is 142 Å². The van der Waals surface area contributed by atoms with E-state index in [0.29, 0.717) is 5.69 Å². The van der Waals surface area contributed by atoms with Gasteiger partial charge in [-0.15, -0.1) is 0 Å². The predicted octanol–water partition coefficient (Wildman–Crippen LogP) is -1.77. The van der Waals surface area contributed by atoms with Crippen molar-refractivity contribution in [3.63, 3.8) is 0 Å². The number of rotatable bonds is 3. The first-order valence-corrected chi connectivity index (χ1v) is 6.31. The molecule has 0 radical (unpaired) electrons. The van der Waals surface area contributed by atoms with E-state index < -0.39 is 43.3 Å². The molecule has 8 nitrogen and oxygen atoms in total. The van der Waals surface area contributed by atoms with Crippen LogP contribution in [-0.2, 0) is 9.47 Å². The summed E-state index contributed by atoms with van der Waals surface area (Å²) in [5.41, 5.74) is 6.15. The fourth-order valence-electron chi connectivity index (χ4n) is 1.96. The van der Waals surface area contributed by atoms with Crippen LogP contribution in [0.5, 0.6) is 0 Å². The molecule has 1 saturated heterocycles. The molecule has 1 aromatic carbocycles. The van der Waals surface area contributed by atoms with Crippen LogP contribution >= 0.6 is 0 Å². The molecule has 0 saturated carbocycles. The highest BCUT2D eigenvalue weighted by Crippen LogP contribution is 2.23. The van der Waals surface area contributed by atoms with E-state index in [4.69, 9.17) is 20.3 Å². The SMILES string of the molecule is Nc1ccc(C(=O)O[C@@H]2O[C@H](CO)[C@@H](O)[C@H](O)[C@H]2O)cc1. The van der Waals surface area contributed by atoms with Gasteiger partial charge in [-0.2, -0.15) is 0 Å². The first-order valence-electron chi connectivity index (χ1n) is 6.31. The fraction of sp³-hybridized carbons (Fsp3) is 0.462. The van der Waals surface area contributed by atoms with Crippen molar-refractivity contribution in [3.05, 3.63) is 29.8 Å². The minimum Gasteiger partial charge on any atom is -0.429 e. The molecule has 1 heterocycles. The minimum atomic E-state index is -1.62. The Hall–Kier alpha value is -1.71. The molecule has 1 aliphatic rings. The van der Waals surface area contributed by atoms with Crippen molar-refractivity contribution in [2.75, 3.05) is 12.3 Å². The Morgan fingerprint density at radius 2 is 1.76 bits per heavy atom. The zero-order valence-electron chi connectivity index (χ0n) is 11.0. The first kappa shape index (κ1) is 15.7. The van der Waals surface area contributed by atoms with E-state index in [1.807, 2.05) is 0 Å². The van der Waals surface area contributed by atoms with Crippen molar-refractivity contribution in [2.24, 2.45) is 0 Å². The number of anilines is 1. The minimum absolute atomic E-state index is 0.182. The third kappa shape index (κ3) is 3.31. The Kier molecular flexibility index (Phi) is 4.76. The van der Waals surface area contributed by atoms with E-state index in [9.17, 15) is 20.1 Å². The lowest BCUT2D eigenvalue weighted by Crippen LogP contribution is -2.59. The van der Waals surface area contributed by atoms with Crippen molar-refractivity contribution in [2.45, 2.75) is 30.7 Å². The molecule has 0 spiro atoms. The lowest BCUT2D eigenvalue weighted by molar-refractivity contribution is -0.285. The summed E-state index contributed by atoms with van der Waals surface area (Å²) in [6.45, 7) is -0.596. The Morgan fingerprint density at radius 3 is 2.33 bits per heavy atom. The Morgan fingerprint density at radius 1 is 1.14 bits per heavy atom. The largest absolute Gasteiger partial charge is 0.429 e. The van der Waals surface area contributed by atoms with Crippen LogP contribution in [-0.4, -0.2) is 63.7 Å². The number of carbonyl (C=O) groups excluding carboxylic acids is 1. The van der Waals surface area contributed by atoms with Crippen LogP contribution in [0.3, 0.4) is 0 Å². The number of aliphatic hydroxyl groups excluding tert-OH is 4. The first-order chi connectivity index (χ1) is 9.93. The highest BCUT2D eigenvalue weighted by molar-refractivity contribution is 5.89. The number of hydrogen-bond acceptors (Lipinski definition) is 8. The van der Waals surface area contributed by atoms with Crippen molar-refractivity contribution in [3.8, 4) is 0 Å². The number of hydrogen-bond donors (Lipinski definition) is 5. The number of aliphatic hydroxyl groups is 4. The number of ether oxygens (including phenoxy) is 2. The smallest absolute Gasteiger partial charge is 0.340 e. The molecule has 116 valence electrons. The van der Waals surface area contributed by atoms with E-state index >= 15 is 0 Å². The lowest BCUT2D eigenvalue weighted by atomic mass is 9.99. The normalized spacial score (nSPS) is 32.7. The van der Waals surface area contributed by atoms with Gasteiger partial charge < -0.3 is 35.6 Å². The molecule has 0 amide bonds. The van der Waals surface area contributed by atoms with Crippen LogP contribution in [0.25, 0.3) is 0 Å². The standard InChI is InChI=1S/C13H17NO7/c14-7-3-1-6(2-4-7)12(19)21-13-11(18)10(17)9(16)8(5-15)20-13/h1-4,8-11,13,15-18H,5,14H2/t8-,9-,10+,11-,13+/m1/s1. The molecule has 0 bridgehead atoms. The van der Waals surface area contributed by atoms with Crippen molar-refractivity contribution in [1.82, 2.24) is 0 Å². The van der Waals surface area contributed by atoms with Crippen molar-refractivity contribution in [1.29, 1.82) is 0 Å². The van der Waals surface area contributed by atoms with Gasteiger partial charge in [0.2, 0.25) is 6.29 Å². The molecule has 1 aliphatic heterocycles. The van der Waals surface area contributed by atoms with Gasteiger partial charge >= 0.3 is 5.97 Å². The van der Waals surface area contributed by atoms with Crippen molar-refractivity contribution < 1.29 is 34.7 Å². The summed E-state index contributed by atoms with van der Waals surface area (Å²) in [5.74, 6) is -0.792. The van der Waals surface area contributed by atoms with E-state index in [0.717, 1.165) is 0 Å². The van der Waals surface area contributed by atoms with Gasteiger partial charge in [-0.05, 0) is 24.3 Å². The Labute approximate surface area is 120 Å². The van der Waals surface area contributed by atoms with Crippen LogP contribution < -0.4 is 5.73 Å². The lowest BCUT2D eigenvalue weighted by Gasteiger charge is -2.39. The van der Waals surface area contributed by atoms with Crippen LogP contribution in [0.1, 0.15) is 10.4 Å². The van der Waals surface area contributed by atoms with E-state index in [1.165, 1.54) is 24.3 Å². The average Bonchev–Trinajstić information content (AvgIpc) is 2.48. The monoisotopic (exact) mass is 299 g/mol. The highest BCUT2D eigenvalue weighted by Gasteiger charge is 2.45. The maximum Gasteiger partial charge on any atom is 0.340 e. The molecular weight excluding hydrogens is 282 g/mol. The second-order valence-electron chi connectivity index (χ2n) is 4.72. The number of nitrogens with two attached hydrogens (primary N) is 1. The maximum absolute atomic E-state index is 11.9. The molecule has 1 fully saturated rings. The average molecular weight is 299 g/mol. The van der Waals surface area contributed by atoms with Crippen LogP contribution in [0, 0.1) is 0 Å². The second-order valence-corrected chi connectivity index (χ2v) is 4.72. The Bertz CT molecular complexity index is 490. The summed E-state index contributed by atoms with van der Waals surface area (Å²) in [5, 5.41) is 38.0. The molecule has 0 unspecified atom stereocenters. The molecule has 2 rings (SSSR count). The third-order valence-electron chi connectivity index (χ3n) is 3.22. The van der Waals surface area contributed by atoms with Gasteiger partial charge in [0.1, 0.15) is 24.4 Å². The molecule has 0 aliphatic carbocycles. The molecule has 6 N–H and O–H groups in total. The maximum atomic E-state index is 11.9. The van der Waals surface area contributed by atoms with Crippen LogP contribution in [0.4, 0.5) is 5.69 Å². The van der Waals surface area contributed by atoms with E-state index in [1.54, 1.807) is 0 Å². The summed E-state index contributed by atoms with van der Waals surface area (Å²) in [6.07, 6.45) is -7.35. The number of benzene rings is 1. The summed E-state index contributed by atoms with van der Waals surface area (Å²) >= 11 is 0. The predicted molar refractivity (Wildman–Crippen MR) is 70.0 cm³/mol. The highest BCUT2D eigenvalue weighted by atomic mass is 16.7. The van der Waals surface area contributed by atoms with Crippen LogP contribution in [0.2, 0.25) is 0 Å². The third-order valence-corrected chi connectivity index (χ3v) is 3.22. The van der Waals surface area contributed by atoms with Gasteiger partial charge in [-0.1, -0.05) is 0 Å². The van der Waals surface area contributed by atoms with E-state index in [2.05, 4.69) is 0 Å². The van der Waals surface area contributed by atoms with Gasteiger partial charge in [0.15, 0.2) is 0 Å². The number of esters is 1. The van der Waals surface area contributed by atoms with Gasteiger partial charge in [0, 0.05) is 5.69 Å². The number of carbonyl (C=O) groups is 1. The van der Waals surface area contributed by atoms with Gasteiger partial charge in [-0.3, -0.25) is 0 Å². The molecule has 5 atom stereocenters. The molecular formula is C13H17NO7. The second kappa shape index (κ2) is 6.37. The molecule has 0 aromatic heterocycles. The Balaban J connectivity index is 2.07. The summed E-state index contributed by atoms with van der Waals surface area (Å²) in [7, 11) is 0. The summed E-state index contributed by atoms with van der Waals surface area (Å²) < 4.78 is 10.0. The zero-order chi connectivity index (χ0) is 15.6. The summed E-state index contributed by atoms with van der Waals surface area (Å²) in [6, 6.07) is 5.87. The van der Waals surface area contributed by atoms with E-state index in [-0.39, 0.29) is 5.56 Å². The zero-order valence-corrected chi connectivity index (χ0v) is 11.0. The quantitative estimate of drug-likeness (QED) is 0.326. The molecule has 21 heavy (non-hydrogen) atoms. The van der Waals surface area contributed by atoms with Crippen LogP contribution in [0.15, 0.2) is 24.3 Å². The van der Waals surface area contributed by atoms with Gasteiger partial charge in [0.05, 0.1) is 12.2 Å².